The van der Waals surface area contributed by atoms with Crippen molar-refractivity contribution in [2.75, 3.05) is 14.1 Å². The van der Waals surface area contributed by atoms with Crippen molar-refractivity contribution in [1.29, 1.82) is 0 Å². The molecule has 0 fully saturated rings. The van der Waals surface area contributed by atoms with Gasteiger partial charge in [0.2, 0.25) is 5.95 Å². The van der Waals surface area contributed by atoms with Crippen LogP contribution in [-0.2, 0) is 7.05 Å². The molecule has 0 amide bonds. The molecule has 0 spiro atoms. The maximum Gasteiger partial charge on any atom is 0.230 e. The van der Waals surface area contributed by atoms with E-state index in [1.807, 2.05) is 36.8 Å². The molecule has 0 atom stereocenters. The van der Waals surface area contributed by atoms with Gasteiger partial charge in [0.15, 0.2) is 0 Å². The molecule has 0 aliphatic rings. The highest BCUT2D eigenvalue weighted by Gasteiger charge is 1.92. The number of nitrogens with zero attached hydrogens (tertiary/aromatic N) is 4. The van der Waals surface area contributed by atoms with E-state index in [0.717, 1.165) is 5.95 Å². The second kappa shape index (κ2) is 3.18. The van der Waals surface area contributed by atoms with Gasteiger partial charge in [0.05, 0.1) is 6.34 Å². The topological polar surface area (TPSA) is 33.4 Å². The van der Waals surface area contributed by atoms with Crippen LogP contribution >= 0.6 is 0 Å². The average Bonchev–Trinajstić information content (AvgIpc) is 2.31. The Balaban J connectivity index is 2.71. The van der Waals surface area contributed by atoms with Gasteiger partial charge < -0.3 is 9.47 Å². The van der Waals surface area contributed by atoms with Crippen LogP contribution in [0.2, 0.25) is 0 Å². The van der Waals surface area contributed by atoms with E-state index < -0.39 is 0 Å². The fourth-order valence-electron chi connectivity index (χ4n) is 0.649. The lowest BCUT2D eigenvalue weighted by Crippen LogP contribution is -2.07. The van der Waals surface area contributed by atoms with Crippen LogP contribution in [0.25, 0.3) is 0 Å². The Morgan fingerprint density at radius 3 is 2.82 bits per heavy atom. The van der Waals surface area contributed by atoms with Gasteiger partial charge in [0, 0.05) is 33.5 Å². The van der Waals surface area contributed by atoms with Crippen LogP contribution in [0.5, 0.6) is 0 Å². The van der Waals surface area contributed by atoms with Crippen LogP contribution in [0.3, 0.4) is 0 Å². The van der Waals surface area contributed by atoms with Gasteiger partial charge >= 0.3 is 0 Å². The highest BCUT2D eigenvalue weighted by atomic mass is 15.2. The molecule has 1 rings (SSSR count). The van der Waals surface area contributed by atoms with Crippen molar-refractivity contribution in [2.24, 2.45) is 12.0 Å². The van der Waals surface area contributed by atoms with E-state index in [0.29, 0.717) is 0 Å². The summed E-state index contributed by atoms with van der Waals surface area (Å²) < 4.78 is 1.86. The molecule has 4 heteroatoms. The first-order valence-corrected chi connectivity index (χ1v) is 3.38. The predicted molar refractivity (Wildman–Crippen MR) is 45.0 cm³/mol. The van der Waals surface area contributed by atoms with Crippen molar-refractivity contribution in [3.63, 3.8) is 0 Å². The average molecular weight is 152 g/mol. The Kier molecular flexibility index (Phi) is 2.25. The summed E-state index contributed by atoms with van der Waals surface area (Å²) in [5.41, 5.74) is 0. The second-order valence-electron chi connectivity index (χ2n) is 2.55. The molecular weight excluding hydrogens is 140 g/mol. The smallest absolute Gasteiger partial charge is 0.230 e. The van der Waals surface area contributed by atoms with Gasteiger partial charge in [-0.2, -0.15) is 0 Å². The standard InChI is InChI=1S/C7H12N4/c1-10(2)6-9-7-8-4-5-11(7)3/h4-6H,1-3H3/b9-6+. The highest BCUT2D eigenvalue weighted by molar-refractivity contribution is 5.57. The third kappa shape index (κ3) is 2.07. The van der Waals surface area contributed by atoms with Gasteiger partial charge in [-0.1, -0.05) is 0 Å². The van der Waals surface area contributed by atoms with Crippen LogP contribution in [0.15, 0.2) is 17.4 Å². The molecule has 0 N–H and O–H groups in total. The Bertz CT molecular complexity index is 249. The van der Waals surface area contributed by atoms with Crippen LogP contribution in [0, 0.1) is 0 Å². The molecule has 0 saturated heterocycles. The molecule has 0 aliphatic heterocycles. The molecule has 0 radical (unpaired) electrons. The zero-order valence-corrected chi connectivity index (χ0v) is 7.02. The number of aliphatic imine (C=N–C) groups is 1. The molecule has 0 aliphatic carbocycles. The summed E-state index contributed by atoms with van der Waals surface area (Å²) in [6.45, 7) is 0. The molecular formula is C7H12N4. The van der Waals surface area contributed by atoms with Crippen LogP contribution in [-0.4, -0.2) is 34.9 Å². The van der Waals surface area contributed by atoms with Crippen molar-refractivity contribution in [3.8, 4) is 0 Å². The number of rotatable bonds is 2. The fourth-order valence-corrected chi connectivity index (χ4v) is 0.649. The van der Waals surface area contributed by atoms with Crippen LogP contribution in [0.1, 0.15) is 0 Å². The maximum atomic E-state index is 4.12. The number of hydrogen-bond acceptors (Lipinski definition) is 2. The SMILES string of the molecule is CN(C)/C=N/c1nccn1C. The largest absolute Gasteiger partial charge is 0.369 e. The van der Waals surface area contributed by atoms with Gasteiger partial charge in [-0.15, -0.1) is 0 Å². The minimum atomic E-state index is 0.721. The normalized spacial score (nSPS) is 10.8. The first-order chi connectivity index (χ1) is 5.20. The zero-order valence-electron chi connectivity index (χ0n) is 7.02. The van der Waals surface area contributed by atoms with Crippen molar-refractivity contribution < 1.29 is 0 Å². The first-order valence-electron chi connectivity index (χ1n) is 3.38. The molecule has 11 heavy (non-hydrogen) atoms. The van der Waals surface area contributed by atoms with Gasteiger partial charge in [-0.05, 0) is 0 Å². The van der Waals surface area contributed by atoms with E-state index >= 15 is 0 Å². The summed E-state index contributed by atoms with van der Waals surface area (Å²) in [5.74, 6) is 0.721. The third-order valence-electron chi connectivity index (χ3n) is 1.20. The third-order valence-corrected chi connectivity index (χ3v) is 1.20. The minimum absolute atomic E-state index is 0.721. The summed E-state index contributed by atoms with van der Waals surface area (Å²) in [5, 5.41) is 0. The Morgan fingerprint density at radius 2 is 2.36 bits per heavy atom. The molecule has 1 aromatic heterocycles. The van der Waals surface area contributed by atoms with Crippen molar-refractivity contribution in [1.82, 2.24) is 14.5 Å². The van der Waals surface area contributed by atoms with E-state index in [9.17, 15) is 0 Å². The molecule has 4 nitrogen and oxygen atoms in total. The lowest BCUT2D eigenvalue weighted by Gasteiger charge is -2.01. The first kappa shape index (κ1) is 7.78. The number of aromatic nitrogens is 2. The summed E-state index contributed by atoms with van der Waals surface area (Å²) in [4.78, 5) is 10.0. The summed E-state index contributed by atoms with van der Waals surface area (Å²) in [7, 11) is 5.76. The van der Waals surface area contributed by atoms with E-state index in [2.05, 4.69) is 9.98 Å². The van der Waals surface area contributed by atoms with E-state index in [-0.39, 0.29) is 0 Å². The lowest BCUT2D eigenvalue weighted by atomic mass is 10.9. The Labute approximate surface area is 66.2 Å². The monoisotopic (exact) mass is 152 g/mol. The van der Waals surface area contributed by atoms with E-state index in [1.54, 1.807) is 12.5 Å². The van der Waals surface area contributed by atoms with Gasteiger partial charge in [0.25, 0.3) is 0 Å². The number of aryl methyl sites for hydroxylation is 1. The van der Waals surface area contributed by atoms with Crippen molar-refractivity contribution >= 4 is 12.3 Å². The molecule has 0 saturated carbocycles. The van der Waals surface area contributed by atoms with Crippen LogP contribution in [0.4, 0.5) is 5.95 Å². The molecule has 1 heterocycles. The zero-order chi connectivity index (χ0) is 8.27. The predicted octanol–water partition coefficient (Wildman–Crippen LogP) is 0.641. The van der Waals surface area contributed by atoms with Crippen molar-refractivity contribution in [2.45, 2.75) is 0 Å². The van der Waals surface area contributed by atoms with E-state index in [4.69, 9.17) is 0 Å². The van der Waals surface area contributed by atoms with Crippen LogP contribution < -0.4 is 0 Å². The molecule has 60 valence electrons. The summed E-state index contributed by atoms with van der Waals surface area (Å²) in [6.07, 6.45) is 5.31. The summed E-state index contributed by atoms with van der Waals surface area (Å²) in [6, 6.07) is 0. The Hall–Kier alpha value is -1.32. The number of hydrogen-bond donors (Lipinski definition) is 0. The molecule has 0 aromatic carbocycles. The van der Waals surface area contributed by atoms with Gasteiger partial charge in [-0.3, -0.25) is 0 Å². The maximum absolute atomic E-state index is 4.12. The van der Waals surface area contributed by atoms with Crippen molar-refractivity contribution in [3.05, 3.63) is 12.4 Å². The lowest BCUT2D eigenvalue weighted by molar-refractivity contribution is 0.642. The fraction of sp³-hybridized carbons (Fsp3) is 0.429. The quantitative estimate of drug-likeness (QED) is 0.460. The molecule has 0 bridgehead atoms. The Morgan fingerprint density at radius 1 is 1.64 bits per heavy atom. The number of imidazole rings is 1. The molecule has 1 aromatic rings. The second-order valence-corrected chi connectivity index (χ2v) is 2.55. The van der Waals surface area contributed by atoms with E-state index in [1.165, 1.54) is 0 Å². The minimum Gasteiger partial charge on any atom is -0.369 e. The summed E-state index contributed by atoms with van der Waals surface area (Å²) >= 11 is 0. The van der Waals surface area contributed by atoms with Gasteiger partial charge in [0.1, 0.15) is 0 Å². The highest BCUT2D eigenvalue weighted by Crippen LogP contribution is 2.03. The molecule has 0 unspecified atom stereocenters. The van der Waals surface area contributed by atoms with Gasteiger partial charge in [-0.25, -0.2) is 9.98 Å².